The van der Waals surface area contributed by atoms with E-state index in [-0.39, 0.29) is 6.04 Å². The fraction of sp³-hybridized carbons (Fsp3) is 0.889. The van der Waals surface area contributed by atoms with Crippen LogP contribution in [0.15, 0.2) is 0 Å². The highest BCUT2D eigenvalue weighted by atomic mass is 16.5. The quantitative estimate of drug-likeness (QED) is 0.576. The van der Waals surface area contributed by atoms with E-state index in [9.17, 15) is 4.79 Å². The maximum Gasteiger partial charge on any atom is 0.226 e. The average Bonchev–Trinajstić information content (AvgIpc) is 2.86. The smallest absolute Gasteiger partial charge is 0.226 e. The second-order valence-electron chi connectivity index (χ2n) is 3.73. The van der Waals surface area contributed by atoms with Gasteiger partial charge in [0.05, 0.1) is 19.3 Å². The van der Waals surface area contributed by atoms with Crippen molar-refractivity contribution in [1.29, 1.82) is 0 Å². The van der Waals surface area contributed by atoms with E-state index in [1.54, 1.807) is 0 Å². The second kappa shape index (κ2) is 3.05. The van der Waals surface area contributed by atoms with E-state index < -0.39 is 0 Å². The first-order valence-electron chi connectivity index (χ1n) is 4.67. The molecular weight excluding hydrogens is 154 g/mol. The Kier molecular flexibility index (Phi) is 2.05. The van der Waals surface area contributed by atoms with Crippen LogP contribution in [0.4, 0.5) is 0 Å². The zero-order valence-electron chi connectivity index (χ0n) is 7.45. The molecule has 0 radical (unpaired) electrons. The normalized spacial score (nSPS) is 30.4. The van der Waals surface area contributed by atoms with Gasteiger partial charge in [0.1, 0.15) is 0 Å². The minimum absolute atomic E-state index is 0.284. The standard InChI is InChI=1S/C9H15NO2/c1-7-6-12-5-4-10(7)9(11)8-2-3-8/h7-8H,2-6H2,1H3/t7-/m0/s1. The molecule has 0 unspecified atom stereocenters. The van der Waals surface area contributed by atoms with Crippen molar-refractivity contribution in [2.75, 3.05) is 19.8 Å². The number of hydrogen-bond donors (Lipinski definition) is 0. The molecule has 1 aliphatic heterocycles. The Morgan fingerprint density at radius 2 is 2.25 bits per heavy atom. The lowest BCUT2D eigenvalue weighted by molar-refractivity contribution is -0.140. The van der Waals surface area contributed by atoms with Crippen molar-refractivity contribution in [1.82, 2.24) is 4.90 Å². The van der Waals surface area contributed by atoms with E-state index in [4.69, 9.17) is 4.74 Å². The summed E-state index contributed by atoms with van der Waals surface area (Å²) in [6.45, 7) is 4.26. The van der Waals surface area contributed by atoms with Crippen molar-refractivity contribution in [2.24, 2.45) is 5.92 Å². The number of ether oxygens (including phenoxy) is 1. The Morgan fingerprint density at radius 3 is 2.83 bits per heavy atom. The van der Waals surface area contributed by atoms with Crippen LogP contribution in [-0.2, 0) is 9.53 Å². The molecule has 68 valence electrons. The van der Waals surface area contributed by atoms with Gasteiger partial charge in [0.15, 0.2) is 0 Å². The van der Waals surface area contributed by atoms with Gasteiger partial charge in [-0.1, -0.05) is 0 Å². The van der Waals surface area contributed by atoms with Crippen LogP contribution < -0.4 is 0 Å². The van der Waals surface area contributed by atoms with Crippen molar-refractivity contribution in [3.05, 3.63) is 0 Å². The predicted octanol–water partition coefficient (Wildman–Crippen LogP) is 0.644. The zero-order valence-corrected chi connectivity index (χ0v) is 7.45. The van der Waals surface area contributed by atoms with Gasteiger partial charge in [-0.3, -0.25) is 4.79 Å². The van der Waals surface area contributed by atoms with E-state index >= 15 is 0 Å². The molecule has 1 aliphatic carbocycles. The Hall–Kier alpha value is -0.570. The molecule has 12 heavy (non-hydrogen) atoms. The van der Waals surface area contributed by atoms with E-state index in [2.05, 4.69) is 6.92 Å². The van der Waals surface area contributed by atoms with Crippen molar-refractivity contribution in [2.45, 2.75) is 25.8 Å². The fourth-order valence-corrected chi connectivity index (χ4v) is 1.62. The fourth-order valence-electron chi connectivity index (χ4n) is 1.62. The largest absolute Gasteiger partial charge is 0.377 e. The molecule has 2 aliphatic rings. The maximum absolute atomic E-state index is 11.6. The molecule has 0 aromatic carbocycles. The van der Waals surface area contributed by atoms with Crippen LogP contribution in [0.5, 0.6) is 0 Å². The minimum atomic E-state index is 0.284. The van der Waals surface area contributed by atoms with Gasteiger partial charge in [0.2, 0.25) is 5.91 Å². The lowest BCUT2D eigenvalue weighted by Crippen LogP contribution is -2.47. The molecule has 3 nitrogen and oxygen atoms in total. The molecule has 0 aromatic heterocycles. The highest BCUT2D eigenvalue weighted by molar-refractivity contribution is 5.81. The molecule has 0 aromatic rings. The first kappa shape index (κ1) is 8.05. The van der Waals surface area contributed by atoms with Crippen molar-refractivity contribution in [3.8, 4) is 0 Å². The van der Waals surface area contributed by atoms with Crippen LogP contribution in [0.3, 0.4) is 0 Å². The molecule has 1 heterocycles. The number of carbonyl (C=O) groups excluding carboxylic acids is 1. The number of nitrogens with zero attached hydrogens (tertiary/aromatic N) is 1. The summed E-state index contributed by atoms with van der Waals surface area (Å²) < 4.78 is 5.27. The number of hydrogen-bond acceptors (Lipinski definition) is 2. The van der Waals surface area contributed by atoms with Gasteiger partial charge in [-0.15, -0.1) is 0 Å². The van der Waals surface area contributed by atoms with Crippen LogP contribution in [0, 0.1) is 5.92 Å². The van der Waals surface area contributed by atoms with Gasteiger partial charge in [-0.2, -0.15) is 0 Å². The third-order valence-electron chi connectivity index (χ3n) is 2.58. The highest BCUT2D eigenvalue weighted by Gasteiger charge is 2.36. The Bertz CT molecular complexity index is 189. The zero-order chi connectivity index (χ0) is 8.55. The number of carbonyl (C=O) groups is 1. The first-order chi connectivity index (χ1) is 5.79. The molecule has 0 N–H and O–H groups in total. The molecule has 1 saturated heterocycles. The lowest BCUT2D eigenvalue weighted by Gasteiger charge is -2.33. The van der Waals surface area contributed by atoms with Crippen molar-refractivity contribution < 1.29 is 9.53 Å². The van der Waals surface area contributed by atoms with E-state index in [1.807, 2.05) is 4.90 Å². The molecule has 0 bridgehead atoms. The lowest BCUT2D eigenvalue weighted by atomic mass is 10.2. The average molecular weight is 169 g/mol. The number of rotatable bonds is 1. The summed E-state index contributed by atoms with van der Waals surface area (Å²) in [5.41, 5.74) is 0. The van der Waals surface area contributed by atoms with Crippen LogP contribution in [0.1, 0.15) is 19.8 Å². The molecule has 3 heteroatoms. The second-order valence-corrected chi connectivity index (χ2v) is 3.73. The molecule has 1 atom stereocenters. The Labute approximate surface area is 72.7 Å². The minimum Gasteiger partial charge on any atom is -0.377 e. The topological polar surface area (TPSA) is 29.5 Å². The molecule has 2 fully saturated rings. The summed E-state index contributed by atoms with van der Waals surface area (Å²) in [4.78, 5) is 13.6. The number of morpholine rings is 1. The van der Waals surface area contributed by atoms with E-state index in [1.165, 1.54) is 0 Å². The predicted molar refractivity (Wildman–Crippen MR) is 44.7 cm³/mol. The van der Waals surface area contributed by atoms with Crippen LogP contribution in [0.2, 0.25) is 0 Å². The van der Waals surface area contributed by atoms with E-state index in [0.717, 1.165) is 19.4 Å². The van der Waals surface area contributed by atoms with E-state index in [0.29, 0.717) is 25.0 Å². The molecule has 1 amide bonds. The summed E-state index contributed by atoms with van der Waals surface area (Å²) >= 11 is 0. The Morgan fingerprint density at radius 1 is 1.50 bits per heavy atom. The summed E-state index contributed by atoms with van der Waals surface area (Å²) in [5, 5.41) is 0. The summed E-state index contributed by atoms with van der Waals surface area (Å²) in [5.74, 6) is 0.705. The molecular formula is C9H15NO2. The van der Waals surface area contributed by atoms with Gasteiger partial charge >= 0.3 is 0 Å². The maximum atomic E-state index is 11.6. The summed E-state index contributed by atoms with van der Waals surface area (Å²) in [7, 11) is 0. The van der Waals surface area contributed by atoms with Crippen LogP contribution in [-0.4, -0.2) is 36.6 Å². The SMILES string of the molecule is C[C@H]1COCCN1C(=O)C1CC1. The van der Waals surface area contributed by atoms with Gasteiger partial charge in [0, 0.05) is 12.5 Å². The third kappa shape index (κ3) is 1.46. The third-order valence-corrected chi connectivity index (χ3v) is 2.58. The highest BCUT2D eigenvalue weighted by Crippen LogP contribution is 2.31. The first-order valence-corrected chi connectivity index (χ1v) is 4.67. The van der Waals surface area contributed by atoms with Gasteiger partial charge in [0.25, 0.3) is 0 Å². The van der Waals surface area contributed by atoms with Gasteiger partial charge < -0.3 is 9.64 Å². The van der Waals surface area contributed by atoms with Crippen LogP contribution in [0.25, 0.3) is 0 Å². The van der Waals surface area contributed by atoms with Crippen molar-refractivity contribution in [3.63, 3.8) is 0 Å². The van der Waals surface area contributed by atoms with Crippen molar-refractivity contribution >= 4 is 5.91 Å². The Balaban J connectivity index is 1.95. The summed E-state index contributed by atoms with van der Waals surface area (Å²) in [6.07, 6.45) is 2.20. The number of amides is 1. The monoisotopic (exact) mass is 169 g/mol. The van der Waals surface area contributed by atoms with Gasteiger partial charge in [-0.25, -0.2) is 0 Å². The van der Waals surface area contributed by atoms with Gasteiger partial charge in [-0.05, 0) is 19.8 Å². The molecule has 2 rings (SSSR count). The summed E-state index contributed by atoms with van der Waals surface area (Å²) in [6, 6.07) is 0.284. The molecule has 0 spiro atoms. The molecule has 1 saturated carbocycles. The van der Waals surface area contributed by atoms with Crippen LogP contribution >= 0.6 is 0 Å².